The normalized spacial score (nSPS) is 21.0. The number of nitrogens with one attached hydrogen (secondary N) is 2. The van der Waals surface area contributed by atoms with E-state index in [1.54, 1.807) is 70.7 Å². The van der Waals surface area contributed by atoms with Crippen molar-refractivity contribution >= 4 is 53.5 Å². The maximum absolute atomic E-state index is 16.8. The van der Waals surface area contributed by atoms with Crippen LogP contribution in [-0.4, -0.2) is 129 Å². The zero-order valence-electron chi connectivity index (χ0n) is 35.5. The largest absolute Gasteiger partial charge is 0.465 e. The number of alkyl halides is 1. The number of halogens is 1. The van der Waals surface area contributed by atoms with Gasteiger partial charge in [-0.1, -0.05) is 43.3 Å². The van der Waals surface area contributed by atoms with E-state index >= 15 is 4.39 Å². The Bertz CT molecular complexity index is 2560. The number of benzene rings is 3. The van der Waals surface area contributed by atoms with Crippen molar-refractivity contribution in [3.63, 3.8) is 0 Å². The lowest BCUT2D eigenvalue weighted by molar-refractivity contribution is -0.149. The number of para-hydroxylation sites is 1. The third kappa shape index (κ3) is 9.49. The lowest BCUT2D eigenvalue weighted by Crippen LogP contribution is -2.61. The van der Waals surface area contributed by atoms with E-state index in [1.807, 2.05) is 6.92 Å². The minimum absolute atomic E-state index is 0.0477. The number of fused-ring (bicyclic) bond motifs is 3. The van der Waals surface area contributed by atoms with Gasteiger partial charge in [-0.2, -0.15) is 5.10 Å². The van der Waals surface area contributed by atoms with Gasteiger partial charge < -0.3 is 34.0 Å². The second-order valence-electron chi connectivity index (χ2n) is 16.1. The van der Waals surface area contributed by atoms with Crippen LogP contribution in [0, 0.1) is 0 Å². The summed E-state index contributed by atoms with van der Waals surface area (Å²) in [4.78, 5) is 78.8. The molecule has 0 radical (unpaired) electrons. The summed E-state index contributed by atoms with van der Waals surface area (Å²) in [5, 5.41) is 10.9. The number of hydrogen-bond acceptors (Lipinski definition) is 11. The average molecular weight is 897 g/mol. The number of hydrogen-bond donors (Lipinski definition) is 2. The SMILES string of the molecule is CCCOC(=O)[C@H](C)NP(=O)(Oc1ccccc1)C(F)c1ccc2ccc(C(=O)N[C@H]3CN(C(=O)c4cc5ncccn5n4)CC[C@H]4CC[C@@H](C(=O)N5CCOCC5)N4C3=O)cc2c1. The highest BCUT2D eigenvalue weighted by Gasteiger charge is 2.47. The summed E-state index contributed by atoms with van der Waals surface area (Å²) >= 11 is 0. The maximum atomic E-state index is 16.8. The van der Waals surface area contributed by atoms with Gasteiger partial charge in [0.05, 0.1) is 26.4 Å². The molecular weight excluding hydrogens is 847 g/mol. The molecule has 2 N–H and O–H groups in total. The Balaban J connectivity index is 1.07. The summed E-state index contributed by atoms with van der Waals surface area (Å²) in [6.07, 6.45) is 5.21. The van der Waals surface area contributed by atoms with E-state index in [2.05, 4.69) is 20.5 Å². The average Bonchev–Trinajstić information content (AvgIpc) is 3.95. The van der Waals surface area contributed by atoms with Crippen molar-refractivity contribution in [2.75, 3.05) is 46.0 Å². The maximum Gasteiger partial charge on any atom is 0.355 e. The van der Waals surface area contributed by atoms with E-state index in [4.69, 9.17) is 14.0 Å². The van der Waals surface area contributed by atoms with Crippen LogP contribution < -0.4 is 14.9 Å². The molecule has 6 atom stereocenters. The first-order chi connectivity index (χ1) is 30.9. The van der Waals surface area contributed by atoms with Gasteiger partial charge >= 0.3 is 13.5 Å². The number of ether oxygens (including phenoxy) is 2. The molecular formula is C45H50FN8O9P. The molecule has 0 saturated carbocycles. The van der Waals surface area contributed by atoms with E-state index in [1.165, 1.54) is 46.7 Å². The van der Waals surface area contributed by atoms with Crippen LogP contribution in [0.2, 0.25) is 0 Å². The monoisotopic (exact) mass is 896 g/mol. The molecule has 8 rings (SSSR count). The van der Waals surface area contributed by atoms with Crippen molar-refractivity contribution in [3.8, 4) is 5.75 Å². The Morgan fingerprint density at radius 1 is 0.938 bits per heavy atom. The van der Waals surface area contributed by atoms with Crippen molar-refractivity contribution in [3.05, 3.63) is 108 Å². The summed E-state index contributed by atoms with van der Waals surface area (Å²) in [7, 11) is -4.53. The molecule has 3 aliphatic rings. The van der Waals surface area contributed by atoms with Gasteiger partial charge in [0.25, 0.3) is 11.8 Å². The van der Waals surface area contributed by atoms with E-state index in [0.717, 1.165) is 0 Å². The third-order valence-corrected chi connectivity index (χ3v) is 13.8. The molecule has 4 amide bonds. The van der Waals surface area contributed by atoms with Crippen molar-refractivity contribution in [1.29, 1.82) is 0 Å². The van der Waals surface area contributed by atoms with Crippen LogP contribution in [0.3, 0.4) is 0 Å². The summed E-state index contributed by atoms with van der Waals surface area (Å²) < 4.78 is 49.1. The molecule has 3 fully saturated rings. The zero-order valence-corrected chi connectivity index (χ0v) is 36.4. The number of amides is 4. The number of esters is 1. The molecule has 5 aromatic rings. The first kappa shape index (κ1) is 44.4. The Morgan fingerprint density at radius 2 is 1.72 bits per heavy atom. The number of nitrogens with zero attached hydrogens (tertiary/aromatic N) is 6. The van der Waals surface area contributed by atoms with Gasteiger partial charge in [0, 0.05) is 49.7 Å². The molecule has 3 saturated heterocycles. The summed E-state index contributed by atoms with van der Waals surface area (Å²) in [5.41, 5.74) is 0.658. The van der Waals surface area contributed by atoms with Crippen LogP contribution >= 0.6 is 7.52 Å². The number of morpholine rings is 1. The smallest absolute Gasteiger partial charge is 0.355 e. The van der Waals surface area contributed by atoms with Crippen LogP contribution in [0.1, 0.15) is 71.9 Å². The first-order valence-electron chi connectivity index (χ1n) is 21.5. The number of rotatable bonds is 13. The van der Waals surface area contributed by atoms with Gasteiger partial charge in [0.15, 0.2) is 11.3 Å². The predicted molar refractivity (Wildman–Crippen MR) is 232 cm³/mol. The Kier molecular flexibility index (Phi) is 13.3. The topological polar surface area (TPSA) is 194 Å². The van der Waals surface area contributed by atoms with Crippen LogP contribution in [0.4, 0.5) is 4.39 Å². The van der Waals surface area contributed by atoms with Gasteiger partial charge in [-0.15, -0.1) is 0 Å². The molecule has 3 aliphatic heterocycles. The molecule has 0 aliphatic carbocycles. The number of carbonyl (C=O) groups is 5. The number of carbonyl (C=O) groups excluding carboxylic acids is 5. The molecule has 0 spiro atoms. The van der Waals surface area contributed by atoms with E-state index in [9.17, 15) is 28.5 Å². The van der Waals surface area contributed by atoms with E-state index in [0.29, 0.717) is 68.4 Å². The zero-order chi connectivity index (χ0) is 45.0. The van der Waals surface area contributed by atoms with Crippen molar-refractivity contribution < 1.29 is 46.9 Å². The second-order valence-corrected chi connectivity index (χ2v) is 18.2. The van der Waals surface area contributed by atoms with E-state index < -0.39 is 55.2 Å². The van der Waals surface area contributed by atoms with Gasteiger partial charge in [-0.3, -0.25) is 28.5 Å². The Morgan fingerprint density at radius 3 is 2.48 bits per heavy atom. The van der Waals surface area contributed by atoms with Crippen LogP contribution in [0.15, 0.2) is 91.3 Å². The second kappa shape index (κ2) is 19.3. The molecule has 17 nitrogen and oxygen atoms in total. The number of aromatic nitrogens is 3. The highest BCUT2D eigenvalue weighted by Crippen LogP contribution is 2.58. The first-order valence-corrected chi connectivity index (χ1v) is 23.2. The lowest BCUT2D eigenvalue weighted by Gasteiger charge is -2.40. The fourth-order valence-corrected chi connectivity index (χ4v) is 10.3. The van der Waals surface area contributed by atoms with E-state index in [-0.39, 0.29) is 54.2 Å². The molecule has 336 valence electrons. The Hall–Kier alpha value is -6.23. The predicted octanol–water partition coefficient (Wildman–Crippen LogP) is 4.92. The third-order valence-electron chi connectivity index (χ3n) is 11.7. The van der Waals surface area contributed by atoms with Crippen LogP contribution in [0.25, 0.3) is 16.4 Å². The Labute approximate surface area is 368 Å². The van der Waals surface area contributed by atoms with Crippen molar-refractivity contribution in [1.82, 2.24) is 39.7 Å². The summed E-state index contributed by atoms with van der Waals surface area (Å²) in [6, 6.07) is 17.0. The summed E-state index contributed by atoms with van der Waals surface area (Å²) in [5.74, 6) is -4.64. The molecule has 2 aromatic heterocycles. The standard InChI is InChI=1S/C45H50FN8O9P/c1-3-22-62-45(59)29(2)50-64(60,63-35-8-5-4-6-9-35)40(46)31-12-10-30-11-13-32(26-33(30)25-31)41(55)48-37-28-52(42(56)36-27-39-47-17-7-18-53(39)49-36)19-16-34-14-15-38(54(34)43(37)57)44(58)51-20-23-61-24-21-51/h4-13,17-18,25-27,29,34,37-38,40H,3,14-16,19-24,28H2,1-2H3,(H,48,55)(H,50,60)/t29-,34+,37-,38-,40?,64?/m0/s1. The van der Waals surface area contributed by atoms with Crippen LogP contribution in [0.5, 0.6) is 5.75 Å². The van der Waals surface area contributed by atoms with Gasteiger partial charge in [0.1, 0.15) is 23.9 Å². The van der Waals surface area contributed by atoms with Crippen molar-refractivity contribution in [2.24, 2.45) is 0 Å². The minimum Gasteiger partial charge on any atom is -0.465 e. The fourth-order valence-electron chi connectivity index (χ4n) is 8.42. The quantitative estimate of drug-likeness (QED) is 0.120. The molecule has 5 heterocycles. The van der Waals surface area contributed by atoms with Crippen LogP contribution in [-0.2, 0) is 28.4 Å². The fraction of sp³-hybridized carbons (Fsp3) is 0.400. The molecule has 2 unspecified atom stereocenters. The molecule has 3 aromatic carbocycles. The summed E-state index contributed by atoms with van der Waals surface area (Å²) in [6.45, 7) is 5.01. The highest BCUT2D eigenvalue weighted by atomic mass is 31.2. The molecule has 19 heteroatoms. The highest BCUT2D eigenvalue weighted by molar-refractivity contribution is 7.57. The van der Waals surface area contributed by atoms with Crippen molar-refractivity contribution in [2.45, 2.75) is 69.6 Å². The van der Waals surface area contributed by atoms with Gasteiger partial charge in [0.2, 0.25) is 17.7 Å². The van der Waals surface area contributed by atoms with Gasteiger partial charge in [-0.05, 0) is 85.3 Å². The van der Waals surface area contributed by atoms with Gasteiger partial charge in [-0.25, -0.2) is 19.0 Å². The molecule has 64 heavy (non-hydrogen) atoms. The molecule has 0 bridgehead atoms. The lowest BCUT2D eigenvalue weighted by atomic mass is 10.0. The minimum atomic E-state index is -4.53.